The molecule has 216 valence electrons. The summed E-state index contributed by atoms with van der Waals surface area (Å²) < 4.78 is 83.2. The Hall–Kier alpha value is -4.18. The molecule has 1 aromatic heterocycles. The number of alkyl halides is 3. The van der Waals surface area contributed by atoms with Gasteiger partial charge in [0, 0.05) is 19.2 Å². The first-order valence-electron chi connectivity index (χ1n) is 12.7. The zero-order valence-electron chi connectivity index (χ0n) is 21.9. The first-order chi connectivity index (χ1) is 19.4. The largest absolute Gasteiger partial charge is 0.489 e. The highest BCUT2D eigenvalue weighted by atomic mass is 32.2. The van der Waals surface area contributed by atoms with Crippen molar-refractivity contribution in [1.82, 2.24) is 10.3 Å². The second kappa shape index (κ2) is 12.1. The van der Waals surface area contributed by atoms with Crippen LogP contribution in [0.2, 0.25) is 0 Å². The Morgan fingerprint density at radius 2 is 1.88 bits per heavy atom. The standard InChI is InChI=1S/C28H26F4N4O4S/c1-2-41(38,39)23-9-3-18(4-10-23)25(11-13-33)35-27(37)19-15-24(29)26(34-16-19)36-14-12-22(17-36)40-21-7-5-20(6-8-21)28(30,31)32/h3-10,15-16,22,25H,2,11-12,14,17H2,1H3,(H,35,37)/t22-,25+/m0/s1. The summed E-state index contributed by atoms with van der Waals surface area (Å²) in [5.41, 5.74) is -0.347. The van der Waals surface area contributed by atoms with Crippen LogP contribution in [0.5, 0.6) is 5.75 Å². The molecule has 0 unspecified atom stereocenters. The van der Waals surface area contributed by atoms with Crippen molar-refractivity contribution < 1.29 is 35.5 Å². The van der Waals surface area contributed by atoms with Gasteiger partial charge in [0.1, 0.15) is 11.9 Å². The highest BCUT2D eigenvalue weighted by Gasteiger charge is 2.31. The maximum atomic E-state index is 15.0. The van der Waals surface area contributed by atoms with Crippen molar-refractivity contribution in [3.8, 4) is 11.8 Å². The number of carbonyl (C=O) groups excluding carboxylic acids is 1. The minimum atomic E-state index is -4.45. The number of hydrogen-bond donors (Lipinski definition) is 1. The zero-order chi connectivity index (χ0) is 29.8. The molecule has 1 saturated heterocycles. The summed E-state index contributed by atoms with van der Waals surface area (Å²) in [6, 6.07) is 12.4. The molecule has 8 nitrogen and oxygen atoms in total. The highest BCUT2D eigenvalue weighted by Crippen LogP contribution is 2.31. The molecule has 1 aliphatic rings. The number of amides is 1. The maximum Gasteiger partial charge on any atom is 0.416 e. The van der Waals surface area contributed by atoms with E-state index in [4.69, 9.17) is 4.74 Å². The van der Waals surface area contributed by atoms with Crippen LogP contribution in [0.1, 0.15) is 47.3 Å². The van der Waals surface area contributed by atoms with Gasteiger partial charge in [-0.3, -0.25) is 4.79 Å². The molecule has 0 saturated carbocycles. The Bertz CT molecular complexity index is 1540. The smallest absolute Gasteiger partial charge is 0.416 e. The van der Waals surface area contributed by atoms with E-state index in [2.05, 4.69) is 10.3 Å². The number of anilines is 1. The number of ether oxygens (including phenoxy) is 1. The van der Waals surface area contributed by atoms with Crippen LogP contribution in [0.3, 0.4) is 0 Å². The molecular weight excluding hydrogens is 564 g/mol. The SMILES string of the molecule is CCS(=O)(=O)c1ccc([C@@H](CC#N)NC(=O)c2cnc(N3CC[C@H](Oc4ccc(C(F)(F)F)cc4)C3)c(F)c2)cc1. The van der Waals surface area contributed by atoms with E-state index < -0.39 is 45.4 Å². The van der Waals surface area contributed by atoms with E-state index in [9.17, 15) is 31.6 Å². The molecule has 1 N–H and O–H groups in total. The van der Waals surface area contributed by atoms with Gasteiger partial charge in [-0.05, 0) is 48.0 Å². The number of nitrogens with zero attached hydrogens (tertiary/aromatic N) is 3. The fourth-order valence-electron chi connectivity index (χ4n) is 4.38. The molecular formula is C28H26F4N4O4S. The lowest BCUT2D eigenvalue weighted by molar-refractivity contribution is -0.137. The lowest BCUT2D eigenvalue weighted by Gasteiger charge is -2.20. The van der Waals surface area contributed by atoms with Crippen LogP contribution in [0.25, 0.3) is 0 Å². The average Bonchev–Trinajstić information content (AvgIpc) is 3.40. The Morgan fingerprint density at radius 3 is 2.46 bits per heavy atom. The van der Waals surface area contributed by atoms with Gasteiger partial charge < -0.3 is 15.0 Å². The van der Waals surface area contributed by atoms with E-state index >= 15 is 4.39 Å². The van der Waals surface area contributed by atoms with E-state index in [1.54, 1.807) is 4.90 Å². The van der Waals surface area contributed by atoms with Crippen LogP contribution >= 0.6 is 0 Å². The number of rotatable bonds is 9. The average molecular weight is 591 g/mol. The van der Waals surface area contributed by atoms with Crippen molar-refractivity contribution >= 4 is 21.6 Å². The summed E-state index contributed by atoms with van der Waals surface area (Å²) >= 11 is 0. The van der Waals surface area contributed by atoms with E-state index in [1.165, 1.54) is 49.5 Å². The van der Waals surface area contributed by atoms with Crippen molar-refractivity contribution in [3.05, 3.63) is 83.3 Å². The second-order valence-electron chi connectivity index (χ2n) is 9.39. The third kappa shape index (κ3) is 7.13. The minimum Gasteiger partial charge on any atom is -0.489 e. The van der Waals surface area contributed by atoms with Gasteiger partial charge in [0.05, 0.1) is 46.9 Å². The van der Waals surface area contributed by atoms with Crippen molar-refractivity contribution in [1.29, 1.82) is 5.26 Å². The van der Waals surface area contributed by atoms with Gasteiger partial charge in [-0.25, -0.2) is 17.8 Å². The highest BCUT2D eigenvalue weighted by molar-refractivity contribution is 7.91. The van der Waals surface area contributed by atoms with Crippen LogP contribution in [-0.2, 0) is 16.0 Å². The van der Waals surface area contributed by atoms with Crippen molar-refractivity contribution in [2.45, 2.75) is 43.0 Å². The number of benzene rings is 2. The molecule has 1 fully saturated rings. The van der Waals surface area contributed by atoms with Gasteiger partial charge in [-0.1, -0.05) is 19.1 Å². The molecule has 2 heterocycles. The van der Waals surface area contributed by atoms with Gasteiger partial charge in [0.25, 0.3) is 5.91 Å². The number of nitrogens with one attached hydrogen (secondary N) is 1. The minimum absolute atomic E-state index is 0.00127. The first kappa shape index (κ1) is 29.8. The molecule has 1 aliphatic heterocycles. The number of sulfone groups is 1. The third-order valence-corrected chi connectivity index (χ3v) is 8.39. The summed E-state index contributed by atoms with van der Waals surface area (Å²) in [7, 11) is -3.41. The van der Waals surface area contributed by atoms with Crippen molar-refractivity contribution in [2.24, 2.45) is 0 Å². The quantitative estimate of drug-likeness (QED) is 0.346. The van der Waals surface area contributed by atoms with Gasteiger partial charge >= 0.3 is 6.18 Å². The van der Waals surface area contributed by atoms with Gasteiger partial charge in [0.15, 0.2) is 21.5 Å². The first-order valence-corrected chi connectivity index (χ1v) is 14.3. The normalized spacial score (nSPS) is 16.2. The summed E-state index contributed by atoms with van der Waals surface area (Å²) in [5, 5.41) is 11.9. The Labute approximate surface area is 234 Å². The summed E-state index contributed by atoms with van der Waals surface area (Å²) in [5.74, 6) is -1.22. The van der Waals surface area contributed by atoms with Gasteiger partial charge in [-0.15, -0.1) is 0 Å². The fourth-order valence-corrected chi connectivity index (χ4v) is 5.26. The predicted octanol–water partition coefficient (Wildman–Crippen LogP) is 5.08. The number of hydrogen-bond acceptors (Lipinski definition) is 7. The molecule has 2 aromatic carbocycles. The molecule has 2 atom stereocenters. The molecule has 0 aliphatic carbocycles. The van der Waals surface area contributed by atoms with Crippen LogP contribution in [0.4, 0.5) is 23.4 Å². The molecule has 0 radical (unpaired) electrons. The molecule has 1 amide bonds. The predicted molar refractivity (Wildman–Crippen MR) is 141 cm³/mol. The summed E-state index contributed by atoms with van der Waals surface area (Å²) in [6.45, 7) is 2.15. The maximum absolute atomic E-state index is 15.0. The molecule has 3 aromatic rings. The van der Waals surface area contributed by atoms with E-state index in [1.807, 2.05) is 6.07 Å². The molecule has 0 bridgehead atoms. The van der Waals surface area contributed by atoms with Crippen LogP contribution < -0.4 is 15.0 Å². The fraction of sp³-hybridized carbons (Fsp3) is 0.321. The molecule has 4 rings (SSSR count). The second-order valence-corrected chi connectivity index (χ2v) is 11.7. The third-order valence-electron chi connectivity index (χ3n) is 6.64. The lowest BCUT2D eigenvalue weighted by atomic mass is 10.0. The topological polar surface area (TPSA) is 112 Å². The number of nitriles is 1. The van der Waals surface area contributed by atoms with Crippen molar-refractivity contribution in [2.75, 3.05) is 23.7 Å². The molecule has 41 heavy (non-hydrogen) atoms. The molecule has 13 heteroatoms. The van der Waals surface area contributed by atoms with E-state index in [0.717, 1.165) is 18.2 Å². The summed E-state index contributed by atoms with van der Waals surface area (Å²) in [4.78, 5) is 18.7. The number of carbonyl (C=O) groups is 1. The number of pyridine rings is 1. The zero-order valence-corrected chi connectivity index (χ0v) is 22.7. The number of halogens is 4. The van der Waals surface area contributed by atoms with Crippen LogP contribution in [0.15, 0.2) is 65.7 Å². The molecule has 0 spiro atoms. The van der Waals surface area contributed by atoms with Gasteiger partial charge in [-0.2, -0.15) is 18.4 Å². The monoisotopic (exact) mass is 590 g/mol. The number of aromatic nitrogens is 1. The van der Waals surface area contributed by atoms with Gasteiger partial charge in [0.2, 0.25) is 0 Å². The van der Waals surface area contributed by atoms with E-state index in [-0.39, 0.29) is 40.7 Å². The van der Waals surface area contributed by atoms with Crippen LogP contribution in [0, 0.1) is 17.1 Å². The van der Waals surface area contributed by atoms with Crippen LogP contribution in [-0.4, -0.2) is 44.3 Å². The lowest BCUT2D eigenvalue weighted by Crippen LogP contribution is -2.29. The van der Waals surface area contributed by atoms with Crippen molar-refractivity contribution in [3.63, 3.8) is 0 Å². The summed E-state index contributed by atoms with van der Waals surface area (Å²) in [6.07, 6.45) is -3.26. The Kier molecular flexibility index (Phi) is 8.82. The van der Waals surface area contributed by atoms with E-state index in [0.29, 0.717) is 18.5 Å². The Balaban J connectivity index is 1.40. The Morgan fingerprint density at radius 1 is 1.20 bits per heavy atom.